The minimum absolute atomic E-state index is 0.0314. The SMILES string of the molecule is CCCCOc1ccc(C(=O)NCCCBr)cc1. The van der Waals surface area contributed by atoms with Gasteiger partial charge in [-0.05, 0) is 37.1 Å². The lowest BCUT2D eigenvalue weighted by Crippen LogP contribution is -2.24. The average Bonchev–Trinajstić information content (AvgIpc) is 2.40. The summed E-state index contributed by atoms with van der Waals surface area (Å²) in [6.07, 6.45) is 3.10. The second-order valence-electron chi connectivity index (χ2n) is 4.02. The molecule has 1 aromatic carbocycles. The predicted octanol–water partition coefficient (Wildman–Crippen LogP) is 3.38. The smallest absolute Gasteiger partial charge is 0.251 e. The van der Waals surface area contributed by atoms with E-state index in [1.807, 2.05) is 12.1 Å². The van der Waals surface area contributed by atoms with Gasteiger partial charge in [-0.2, -0.15) is 0 Å². The number of hydrogen-bond acceptors (Lipinski definition) is 2. The third-order valence-corrected chi connectivity index (χ3v) is 3.04. The number of amides is 1. The number of nitrogens with one attached hydrogen (secondary N) is 1. The van der Waals surface area contributed by atoms with Crippen LogP contribution in [0.15, 0.2) is 24.3 Å². The third kappa shape index (κ3) is 5.54. The first-order chi connectivity index (χ1) is 8.77. The number of hydrogen-bond donors (Lipinski definition) is 1. The van der Waals surface area contributed by atoms with E-state index >= 15 is 0 Å². The normalized spacial score (nSPS) is 10.1. The molecule has 0 aliphatic heterocycles. The summed E-state index contributed by atoms with van der Waals surface area (Å²) in [6, 6.07) is 7.28. The van der Waals surface area contributed by atoms with Gasteiger partial charge in [-0.3, -0.25) is 4.79 Å². The Morgan fingerprint density at radius 2 is 2.00 bits per heavy atom. The highest BCUT2D eigenvalue weighted by molar-refractivity contribution is 9.09. The maximum Gasteiger partial charge on any atom is 0.251 e. The molecule has 0 heterocycles. The van der Waals surface area contributed by atoms with Crippen LogP contribution in [0.4, 0.5) is 0 Å². The van der Waals surface area contributed by atoms with Gasteiger partial charge in [0, 0.05) is 17.4 Å². The second-order valence-corrected chi connectivity index (χ2v) is 4.82. The van der Waals surface area contributed by atoms with Crippen LogP contribution in [-0.2, 0) is 0 Å². The molecule has 1 rings (SSSR count). The highest BCUT2D eigenvalue weighted by Gasteiger charge is 2.04. The molecular formula is C14H20BrNO2. The Balaban J connectivity index is 2.41. The third-order valence-electron chi connectivity index (χ3n) is 2.48. The van der Waals surface area contributed by atoms with Gasteiger partial charge in [0.15, 0.2) is 0 Å². The Morgan fingerprint density at radius 1 is 1.28 bits per heavy atom. The second kappa shape index (κ2) is 8.97. The van der Waals surface area contributed by atoms with Crippen molar-refractivity contribution < 1.29 is 9.53 Å². The topological polar surface area (TPSA) is 38.3 Å². The molecule has 0 unspecified atom stereocenters. The van der Waals surface area contributed by atoms with Crippen molar-refractivity contribution in [1.82, 2.24) is 5.32 Å². The number of carbonyl (C=O) groups is 1. The summed E-state index contributed by atoms with van der Waals surface area (Å²) in [5, 5.41) is 3.76. The fourth-order valence-electron chi connectivity index (χ4n) is 1.41. The van der Waals surface area contributed by atoms with Crippen molar-refractivity contribution in [3.63, 3.8) is 0 Å². The van der Waals surface area contributed by atoms with Crippen LogP contribution in [0.25, 0.3) is 0 Å². The molecule has 1 aromatic rings. The lowest BCUT2D eigenvalue weighted by atomic mass is 10.2. The predicted molar refractivity (Wildman–Crippen MR) is 77.6 cm³/mol. The van der Waals surface area contributed by atoms with E-state index in [2.05, 4.69) is 28.2 Å². The zero-order valence-corrected chi connectivity index (χ0v) is 12.3. The molecule has 0 fully saturated rings. The maximum absolute atomic E-state index is 11.7. The Hall–Kier alpha value is -1.03. The van der Waals surface area contributed by atoms with Crippen LogP contribution in [0.5, 0.6) is 5.75 Å². The first-order valence-electron chi connectivity index (χ1n) is 6.35. The van der Waals surface area contributed by atoms with E-state index in [0.29, 0.717) is 12.1 Å². The largest absolute Gasteiger partial charge is 0.494 e. The molecule has 0 aliphatic rings. The summed E-state index contributed by atoms with van der Waals surface area (Å²) in [6.45, 7) is 3.55. The van der Waals surface area contributed by atoms with Crippen LogP contribution < -0.4 is 10.1 Å². The Labute approximate surface area is 117 Å². The summed E-state index contributed by atoms with van der Waals surface area (Å²) < 4.78 is 5.54. The van der Waals surface area contributed by atoms with E-state index < -0.39 is 0 Å². The van der Waals surface area contributed by atoms with Gasteiger partial charge in [-0.25, -0.2) is 0 Å². The van der Waals surface area contributed by atoms with Gasteiger partial charge in [0.05, 0.1) is 6.61 Å². The van der Waals surface area contributed by atoms with E-state index in [9.17, 15) is 4.79 Å². The lowest BCUT2D eigenvalue weighted by Gasteiger charge is -2.07. The van der Waals surface area contributed by atoms with Crippen LogP contribution in [0.2, 0.25) is 0 Å². The lowest BCUT2D eigenvalue weighted by molar-refractivity contribution is 0.0954. The minimum atomic E-state index is -0.0314. The van der Waals surface area contributed by atoms with Crippen molar-refractivity contribution in [1.29, 1.82) is 0 Å². The Kier molecular flexibility index (Phi) is 7.49. The number of halogens is 1. The molecule has 1 amide bonds. The van der Waals surface area contributed by atoms with Gasteiger partial charge in [0.2, 0.25) is 0 Å². The van der Waals surface area contributed by atoms with E-state index in [1.165, 1.54) is 0 Å². The van der Waals surface area contributed by atoms with Crippen molar-refractivity contribution in [2.75, 3.05) is 18.5 Å². The minimum Gasteiger partial charge on any atom is -0.494 e. The van der Waals surface area contributed by atoms with Crippen molar-refractivity contribution in [2.45, 2.75) is 26.2 Å². The zero-order chi connectivity index (χ0) is 13.2. The molecule has 0 spiro atoms. The molecule has 0 atom stereocenters. The van der Waals surface area contributed by atoms with E-state index in [0.717, 1.165) is 36.9 Å². The van der Waals surface area contributed by atoms with Gasteiger partial charge in [-0.1, -0.05) is 29.3 Å². The molecule has 4 heteroatoms. The number of unbranched alkanes of at least 4 members (excludes halogenated alkanes) is 1. The van der Waals surface area contributed by atoms with E-state index in [-0.39, 0.29) is 5.91 Å². The van der Waals surface area contributed by atoms with Gasteiger partial charge >= 0.3 is 0 Å². The molecular weight excluding hydrogens is 294 g/mol. The first-order valence-corrected chi connectivity index (χ1v) is 7.47. The molecule has 0 aromatic heterocycles. The summed E-state index contributed by atoms with van der Waals surface area (Å²) in [5.74, 6) is 0.788. The molecule has 3 nitrogen and oxygen atoms in total. The highest BCUT2D eigenvalue weighted by atomic mass is 79.9. The summed E-state index contributed by atoms with van der Waals surface area (Å²) >= 11 is 3.33. The Bertz CT molecular complexity index is 351. The molecule has 1 N–H and O–H groups in total. The molecule has 0 radical (unpaired) electrons. The fourth-order valence-corrected chi connectivity index (χ4v) is 1.69. The summed E-state index contributed by atoms with van der Waals surface area (Å²) in [4.78, 5) is 11.7. The van der Waals surface area contributed by atoms with Crippen LogP contribution in [0.1, 0.15) is 36.5 Å². The average molecular weight is 314 g/mol. The molecule has 100 valence electrons. The van der Waals surface area contributed by atoms with Gasteiger partial charge in [-0.15, -0.1) is 0 Å². The molecule has 0 saturated carbocycles. The molecule has 0 saturated heterocycles. The standard InChI is InChI=1S/C14H20BrNO2/c1-2-3-11-18-13-7-5-12(6-8-13)14(17)16-10-4-9-15/h5-8H,2-4,9-11H2,1H3,(H,16,17). The molecule has 18 heavy (non-hydrogen) atoms. The Morgan fingerprint density at radius 3 is 2.61 bits per heavy atom. The van der Waals surface area contributed by atoms with Gasteiger partial charge < -0.3 is 10.1 Å². The summed E-state index contributed by atoms with van der Waals surface area (Å²) in [7, 11) is 0. The first kappa shape index (κ1) is 15.0. The number of benzene rings is 1. The number of ether oxygens (including phenoxy) is 1. The van der Waals surface area contributed by atoms with Crippen LogP contribution in [-0.4, -0.2) is 24.4 Å². The maximum atomic E-state index is 11.7. The number of rotatable bonds is 8. The van der Waals surface area contributed by atoms with E-state index in [1.54, 1.807) is 12.1 Å². The van der Waals surface area contributed by atoms with Gasteiger partial charge in [0.25, 0.3) is 5.91 Å². The monoisotopic (exact) mass is 313 g/mol. The summed E-state index contributed by atoms with van der Waals surface area (Å²) in [5.41, 5.74) is 0.674. The van der Waals surface area contributed by atoms with Crippen molar-refractivity contribution >= 4 is 21.8 Å². The quantitative estimate of drug-likeness (QED) is 0.590. The number of alkyl halides is 1. The fraction of sp³-hybridized carbons (Fsp3) is 0.500. The molecule has 0 bridgehead atoms. The van der Waals surface area contributed by atoms with Crippen molar-refractivity contribution in [3.8, 4) is 5.75 Å². The van der Waals surface area contributed by atoms with Crippen LogP contribution in [0.3, 0.4) is 0 Å². The zero-order valence-electron chi connectivity index (χ0n) is 10.7. The van der Waals surface area contributed by atoms with Crippen LogP contribution >= 0.6 is 15.9 Å². The molecule has 0 aliphatic carbocycles. The number of carbonyl (C=O) groups excluding carboxylic acids is 1. The highest BCUT2D eigenvalue weighted by Crippen LogP contribution is 2.12. The van der Waals surface area contributed by atoms with Gasteiger partial charge in [0.1, 0.15) is 5.75 Å². The van der Waals surface area contributed by atoms with Crippen LogP contribution in [0, 0.1) is 0 Å². The van der Waals surface area contributed by atoms with Crippen molar-refractivity contribution in [3.05, 3.63) is 29.8 Å². The van der Waals surface area contributed by atoms with E-state index in [4.69, 9.17) is 4.74 Å². The van der Waals surface area contributed by atoms with Crippen molar-refractivity contribution in [2.24, 2.45) is 0 Å².